The third kappa shape index (κ3) is 3.67. The third-order valence-corrected chi connectivity index (χ3v) is 5.36. The summed E-state index contributed by atoms with van der Waals surface area (Å²) in [6.45, 7) is 5.34. The standard InChI is InChI=1S/C20H24N6O2/c1-13-19(14(2)28-24-13)18-9-17(21-12-22-18)8-15-4-6-26(7-5-15)20(27)16-10-23-25(3)11-16/h9-12,15H,4-8H2,1-3H3. The number of carbonyl (C=O) groups is 1. The number of aryl methyl sites for hydroxylation is 3. The summed E-state index contributed by atoms with van der Waals surface area (Å²) in [6.07, 6.45) is 7.83. The first-order valence-corrected chi connectivity index (χ1v) is 9.53. The van der Waals surface area contributed by atoms with Crippen LogP contribution in [0.3, 0.4) is 0 Å². The zero-order valence-corrected chi connectivity index (χ0v) is 16.4. The molecular formula is C20H24N6O2. The molecule has 1 aliphatic heterocycles. The van der Waals surface area contributed by atoms with Crippen molar-refractivity contribution in [2.45, 2.75) is 33.1 Å². The highest BCUT2D eigenvalue weighted by atomic mass is 16.5. The van der Waals surface area contributed by atoms with Gasteiger partial charge in [0.1, 0.15) is 12.1 Å². The lowest BCUT2D eigenvalue weighted by molar-refractivity contribution is 0.0690. The molecule has 0 radical (unpaired) electrons. The van der Waals surface area contributed by atoms with Crippen LogP contribution in [0.1, 0.15) is 40.3 Å². The number of hydrogen-bond donors (Lipinski definition) is 0. The van der Waals surface area contributed by atoms with Crippen LogP contribution in [0.4, 0.5) is 0 Å². The predicted octanol–water partition coefficient (Wildman–Crippen LogP) is 2.58. The van der Waals surface area contributed by atoms with Crippen LogP contribution in [0, 0.1) is 19.8 Å². The maximum absolute atomic E-state index is 12.6. The molecule has 0 spiro atoms. The molecule has 1 aliphatic rings. The number of aromatic nitrogens is 5. The van der Waals surface area contributed by atoms with Gasteiger partial charge in [0.05, 0.1) is 28.7 Å². The summed E-state index contributed by atoms with van der Waals surface area (Å²) in [6, 6.07) is 2.03. The minimum absolute atomic E-state index is 0.0641. The molecule has 3 aromatic rings. The van der Waals surface area contributed by atoms with Crippen molar-refractivity contribution >= 4 is 5.91 Å². The quantitative estimate of drug-likeness (QED) is 0.691. The molecule has 1 amide bonds. The Bertz CT molecular complexity index is 965. The molecule has 28 heavy (non-hydrogen) atoms. The van der Waals surface area contributed by atoms with Gasteiger partial charge in [-0.1, -0.05) is 5.16 Å². The average molecular weight is 380 g/mol. The van der Waals surface area contributed by atoms with Crippen LogP contribution in [0.15, 0.2) is 29.3 Å². The molecule has 4 rings (SSSR count). The van der Waals surface area contributed by atoms with Crippen LogP contribution in [0.25, 0.3) is 11.3 Å². The molecule has 3 aromatic heterocycles. The van der Waals surface area contributed by atoms with Gasteiger partial charge in [0, 0.05) is 32.0 Å². The van der Waals surface area contributed by atoms with Gasteiger partial charge in [-0.15, -0.1) is 0 Å². The SMILES string of the molecule is Cc1noc(C)c1-c1cc(CC2CCN(C(=O)c3cnn(C)c3)CC2)ncn1. The maximum Gasteiger partial charge on any atom is 0.257 e. The first kappa shape index (κ1) is 18.3. The second-order valence-electron chi connectivity index (χ2n) is 7.44. The van der Waals surface area contributed by atoms with E-state index >= 15 is 0 Å². The summed E-state index contributed by atoms with van der Waals surface area (Å²) in [7, 11) is 1.82. The third-order valence-electron chi connectivity index (χ3n) is 5.36. The Kier molecular flexibility index (Phi) is 4.93. The van der Waals surface area contributed by atoms with E-state index in [4.69, 9.17) is 4.52 Å². The predicted molar refractivity (Wildman–Crippen MR) is 103 cm³/mol. The number of rotatable bonds is 4. The van der Waals surface area contributed by atoms with E-state index in [-0.39, 0.29) is 5.91 Å². The van der Waals surface area contributed by atoms with Gasteiger partial charge in [0.25, 0.3) is 5.91 Å². The monoisotopic (exact) mass is 380 g/mol. The first-order valence-electron chi connectivity index (χ1n) is 9.53. The second kappa shape index (κ2) is 7.53. The summed E-state index contributed by atoms with van der Waals surface area (Å²) in [4.78, 5) is 23.3. The van der Waals surface area contributed by atoms with E-state index < -0.39 is 0 Å². The van der Waals surface area contributed by atoms with E-state index in [9.17, 15) is 4.79 Å². The van der Waals surface area contributed by atoms with Gasteiger partial charge in [-0.2, -0.15) is 5.10 Å². The van der Waals surface area contributed by atoms with Crippen LogP contribution in [-0.2, 0) is 13.5 Å². The van der Waals surface area contributed by atoms with Gasteiger partial charge in [0.2, 0.25) is 0 Å². The van der Waals surface area contributed by atoms with Crippen molar-refractivity contribution in [1.29, 1.82) is 0 Å². The zero-order chi connectivity index (χ0) is 19.7. The fourth-order valence-electron chi connectivity index (χ4n) is 3.84. The molecule has 8 nitrogen and oxygen atoms in total. The van der Waals surface area contributed by atoms with E-state index in [2.05, 4.69) is 20.2 Å². The average Bonchev–Trinajstić information content (AvgIpc) is 3.27. The van der Waals surface area contributed by atoms with Crippen LogP contribution >= 0.6 is 0 Å². The topological polar surface area (TPSA) is 89.9 Å². The molecule has 0 aromatic carbocycles. The Hall–Kier alpha value is -3.03. The normalized spacial score (nSPS) is 15.2. The van der Waals surface area contributed by atoms with Crippen LogP contribution in [0.5, 0.6) is 0 Å². The lowest BCUT2D eigenvalue weighted by atomic mass is 9.91. The largest absolute Gasteiger partial charge is 0.361 e. The number of amides is 1. The highest BCUT2D eigenvalue weighted by molar-refractivity contribution is 5.93. The number of piperidine rings is 1. The van der Waals surface area contributed by atoms with E-state index in [0.29, 0.717) is 11.5 Å². The fourth-order valence-corrected chi connectivity index (χ4v) is 3.84. The maximum atomic E-state index is 12.6. The lowest BCUT2D eigenvalue weighted by Crippen LogP contribution is -2.38. The van der Waals surface area contributed by atoms with Crippen molar-refractivity contribution < 1.29 is 9.32 Å². The van der Waals surface area contributed by atoms with Crippen LogP contribution in [0.2, 0.25) is 0 Å². The van der Waals surface area contributed by atoms with Crippen molar-refractivity contribution in [3.8, 4) is 11.3 Å². The zero-order valence-electron chi connectivity index (χ0n) is 16.4. The molecule has 1 saturated heterocycles. The molecule has 1 fully saturated rings. The molecule has 146 valence electrons. The highest BCUT2D eigenvalue weighted by Crippen LogP contribution is 2.27. The van der Waals surface area contributed by atoms with E-state index in [1.807, 2.05) is 31.9 Å². The van der Waals surface area contributed by atoms with Crippen molar-refractivity contribution in [2.24, 2.45) is 13.0 Å². The summed E-state index contributed by atoms with van der Waals surface area (Å²) in [5.41, 5.74) is 4.30. The molecule has 0 aliphatic carbocycles. The second-order valence-corrected chi connectivity index (χ2v) is 7.44. The van der Waals surface area contributed by atoms with Gasteiger partial charge in [0.15, 0.2) is 0 Å². The fraction of sp³-hybridized carbons (Fsp3) is 0.450. The van der Waals surface area contributed by atoms with Gasteiger partial charge in [-0.05, 0) is 45.1 Å². The minimum Gasteiger partial charge on any atom is -0.361 e. The van der Waals surface area contributed by atoms with Gasteiger partial charge < -0.3 is 9.42 Å². The summed E-state index contributed by atoms with van der Waals surface area (Å²) < 4.78 is 6.92. The van der Waals surface area contributed by atoms with Gasteiger partial charge in [-0.3, -0.25) is 9.48 Å². The van der Waals surface area contributed by atoms with Crippen LogP contribution < -0.4 is 0 Å². The molecule has 4 heterocycles. The number of nitrogens with zero attached hydrogens (tertiary/aromatic N) is 6. The van der Waals surface area contributed by atoms with Crippen molar-refractivity contribution in [3.63, 3.8) is 0 Å². The lowest BCUT2D eigenvalue weighted by Gasteiger charge is -2.31. The number of carbonyl (C=O) groups excluding carboxylic acids is 1. The van der Waals surface area contributed by atoms with Crippen molar-refractivity contribution in [2.75, 3.05) is 13.1 Å². The van der Waals surface area contributed by atoms with E-state index in [1.165, 1.54) is 0 Å². The summed E-state index contributed by atoms with van der Waals surface area (Å²) in [5, 5.41) is 8.10. The molecule has 0 saturated carbocycles. The first-order chi connectivity index (χ1) is 13.5. The summed E-state index contributed by atoms with van der Waals surface area (Å²) in [5.74, 6) is 1.34. The Morgan fingerprint density at radius 2 is 2.04 bits per heavy atom. The van der Waals surface area contributed by atoms with Crippen molar-refractivity contribution in [3.05, 3.63) is 47.5 Å². The summed E-state index contributed by atoms with van der Waals surface area (Å²) >= 11 is 0. The molecule has 0 unspecified atom stereocenters. The van der Waals surface area contributed by atoms with Gasteiger partial charge >= 0.3 is 0 Å². The smallest absolute Gasteiger partial charge is 0.257 e. The van der Waals surface area contributed by atoms with Gasteiger partial charge in [-0.25, -0.2) is 9.97 Å². The minimum atomic E-state index is 0.0641. The molecule has 8 heteroatoms. The van der Waals surface area contributed by atoms with E-state index in [0.717, 1.165) is 60.8 Å². The van der Waals surface area contributed by atoms with E-state index in [1.54, 1.807) is 23.4 Å². The van der Waals surface area contributed by atoms with Crippen LogP contribution in [-0.4, -0.2) is 48.8 Å². The Labute approximate surface area is 163 Å². The molecule has 0 atom stereocenters. The highest BCUT2D eigenvalue weighted by Gasteiger charge is 2.25. The number of likely N-dealkylation sites (tertiary alicyclic amines) is 1. The number of hydrogen-bond acceptors (Lipinski definition) is 6. The molecule has 0 N–H and O–H groups in total. The Balaban J connectivity index is 1.39. The molecular weight excluding hydrogens is 356 g/mol. The van der Waals surface area contributed by atoms with Crippen molar-refractivity contribution in [1.82, 2.24) is 29.8 Å². The Morgan fingerprint density at radius 1 is 1.25 bits per heavy atom. The molecule has 0 bridgehead atoms. The Morgan fingerprint density at radius 3 is 2.68 bits per heavy atom.